The fourth-order valence-corrected chi connectivity index (χ4v) is 1.92. The second-order valence-electron chi connectivity index (χ2n) is 4.13. The van der Waals surface area contributed by atoms with Crippen LogP contribution in [0.25, 0.3) is 0 Å². The first-order valence-electron chi connectivity index (χ1n) is 5.33. The Morgan fingerprint density at radius 1 is 1.35 bits per heavy atom. The molecule has 5 nitrogen and oxygen atoms in total. The van der Waals surface area contributed by atoms with Crippen LogP contribution in [-0.4, -0.2) is 39.1 Å². The van der Waals surface area contributed by atoms with E-state index in [9.17, 15) is 14.7 Å². The number of aliphatic carboxylic acids is 1. The van der Waals surface area contributed by atoms with Crippen molar-refractivity contribution in [2.45, 2.75) is 18.6 Å². The summed E-state index contributed by atoms with van der Waals surface area (Å²) in [4.78, 5) is 24.0. The van der Waals surface area contributed by atoms with Crippen LogP contribution >= 0.6 is 0 Å². The van der Waals surface area contributed by atoms with Gasteiger partial charge in [0.1, 0.15) is 0 Å². The Bertz CT molecular complexity index is 445. The summed E-state index contributed by atoms with van der Waals surface area (Å²) >= 11 is 0. The van der Waals surface area contributed by atoms with E-state index in [4.69, 9.17) is 5.11 Å². The molecular weight excluding hydrogens is 222 g/mol. The number of benzene rings is 1. The van der Waals surface area contributed by atoms with Crippen molar-refractivity contribution in [3.63, 3.8) is 0 Å². The highest BCUT2D eigenvalue weighted by atomic mass is 16.4. The molecule has 0 radical (unpaired) electrons. The Hall–Kier alpha value is -1.88. The van der Waals surface area contributed by atoms with E-state index >= 15 is 0 Å². The lowest BCUT2D eigenvalue weighted by Crippen LogP contribution is -2.46. The number of nitrogens with zero attached hydrogens (tertiary/aromatic N) is 1. The molecule has 0 bridgehead atoms. The van der Waals surface area contributed by atoms with E-state index in [2.05, 4.69) is 0 Å². The van der Waals surface area contributed by atoms with Crippen molar-refractivity contribution >= 4 is 11.9 Å². The molecule has 1 aromatic carbocycles. The summed E-state index contributed by atoms with van der Waals surface area (Å²) < 4.78 is 0. The summed E-state index contributed by atoms with van der Waals surface area (Å²) in [6.07, 6.45) is -0.0615. The van der Waals surface area contributed by atoms with Crippen molar-refractivity contribution in [2.75, 3.05) is 6.54 Å². The zero-order valence-electron chi connectivity index (χ0n) is 9.17. The number of amides is 1. The topological polar surface area (TPSA) is 77.8 Å². The van der Waals surface area contributed by atoms with Gasteiger partial charge in [-0.05, 0) is 5.56 Å². The standard InChI is InChI=1S/C12H13NO4/c14-10-12(17,11(15)16)6-7-13(10)8-9-4-2-1-3-5-9/h1-5,17H,6-8H2,(H,15,16)/t12-/m1/s1. The molecule has 0 aromatic heterocycles. The summed E-state index contributed by atoms with van der Waals surface area (Å²) in [6.45, 7) is 0.589. The van der Waals surface area contributed by atoms with Crippen LogP contribution in [0.5, 0.6) is 0 Å². The number of carboxylic acids is 1. The molecule has 1 atom stereocenters. The van der Waals surface area contributed by atoms with Gasteiger partial charge in [-0.3, -0.25) is 4.79 Å². The van der Waals surface area contributed by atoms with Gasteiger partial charge in [-0.1, -0.05) is 30.3 Å². The maximum absolute atomic E-state index is 11.8. The maximum atomic E-state index is 11.8. The monoisotopic (exact) mass is 235 g/mol. The van der Waals surface area contributed by atoms with Crippen LogP contribution in [-0.2, 0) is 16.1 Å². The number of aliphatic hydroxyl groups is 1. The summed E-state index contributed by atoms with van der Waals surface area (Å²) in [5.74, 6) is -2.20. The number of carboxylic acid groups (broad SMARTS) is 1. The fraction of sp³-hybridized carbons (Fsp3) is 0.333. The van der Waals surface area contributed by atoms with Crippen LogP contribution < -0.4 is 0 Å². The predicted octanol–water partition coefficient (Wildman–Crippen LogP) is 0.235. The Kier molecular flexibility index (Phi) is 2.85. The van der Waals surface area contributed by atoms with E-state index in [0.29, 0.717) is 6.54 Å². The van der Waals surface area contributed by atoms with Gasteiger partial charge in [0.2, 0.25) is 5.60 Å². The molecule has 1 aliphatic heterocycles. The van der Waals surface area contributed by atoms with Gasteiger partial charge in [0.05, 0.1) is 0 Å². The van der Waals surface area contributed by atoms with Crippen molar-refractivity contribution in [1.82, 2.24) is 4.90 Å². The van der Waals surface area contributed by atoms with Crippen molar-refractivity contribution in [3.05, 3.63) is 35.9 Å². The minimum Gasteiger partial charge on any atom is -0.479 e. The van der Waals surface area contributed by atoms with Crippen LogP contribution in [0.15, 0.2) is 30.3 Å². The molecule has 1 fully saturated rings. The van der Waals surface area contributed by atoms with Crippen molar-refractivity contribution in [2.24, 2.45) is 0 Å². The van der Waals surface area contributed by atoms with Crippen molar-refractivity contribution in [1.29, 1.82) is 0 Å². The van der Waals surface area contributed by atoms with E-state index < -0.39 is 17.5 Å². The molecule has 1 heterocycles. The van der Waals surface area contributed by atoms with Crippen molar-refractivity contribution in [3.8, 4) is 0 Å². The van der Waals surface area contributed by atoms with E-state index in [1.165, 1.54) is 4.90 Å². The van der Waals surface area contributed by atoms with Crippen LogP contribution in [0.4, 0.5) is 0 Å². The Morgan fingerprint density at radius 3 is 2.53 bits per heavy atom. The zero-order chi connectivity index (χ0) is 12.5. The molecule has 90 valence electrons. The van der Waals surface area contributed by atoms with Gasteiger partial charge in [0.25, 0.3) is 5.91 Å². The summed E-state index contributed by atoms with van der Waals surface area (Å²) in [6, 6.07) is 9.26. The van der Waals surface area contributed by atoms with Gasteiger partial charge in [-0.2, -0.15) is 0 Å². The van der Waals surface area contributed by atoms with Gasteiger partial charge in [0, 0.05) is 19.5 Å². The highest BCUT2D eigenvalue weighted by molar-refractivity contribution is 6.06. The van der Waals surface area contributed by atoms with Crippen molar-refractivity contribution < 1.29 is 19.8 Å². The third kappa shape index (κ3) is 2.01. The molecular formula is C12H13NO4. The molecule has 0 aliphatic carbocycles. The molecule has 0 saturated carbocycles. The Labute approximate surface area is 98.3 Å². The fourth-order valence-electron chi connectivity index (χ4n) is 1.92. The highest BCUT2D eigenvalue weighted by Gasteiger charge is 2.51. The lowest BCUT2D eigenvalue weighted by atomic mass is 10.0. The van der Waals surface area contributed by atoms with Gasteiger partial charge in [0.15, 0.2) is 0 Å². The van der Waals surface area contributed by atoms with E-state index in [1.807, 2.05) is 30.3 Å². The minimum absolute atomic E-state index is 0.0615. The third-order valence-corrected chi connectivity index (χ3v) is 2.95. The lowest BCUT2D eigenvalue weighted by molar-refractivity contribution is -0.166. The molecule has 2 N–H and O–H groups in total. The Balaban J connectivity index is 2.11. The molecule has 0 unspecified atom stereocenters. The average Bonchev–Trinajstić information content (AvgIpc) is 2.60. The number of hydrogen-bond donors (Lipinski definition) is 2. The summed E-state index contributed by atoms with van der Waals surface area (Å²) in [5.41, 5.74) is -1.33. The molecule has 5 heteroatoms. The molecule has 17 heavy (non-hydrogen) atoms. The van der Waals surface area contributed by atoms with E-state index in [1.54, 1.807) is 0 Å². The number of carbonyl (C=O) groups excluding carboxylic acids is 1. The van der Waals surface area contributed by atoms with Crippen LogP contribution in [0.2, 0.25) is 0 Å². The number of likely N-dealkylation sites (tertiary alicyclic amines) is 1. The third-order valence-electron chi connectivity index (χ3n) is 2.95. The van der Waals surface area contributed by atoms with Crippen LogP contribution in [0.3, 0.4) is 0 Å². The first-order valence-corrected chi connectivity index (χ1v) is 5.33. The van der Waals surface area contributed by atoms with Gasteiger partial charge >= 0.3 is 5.97 Å². The SMILES string of the molecule is O=C(O)[C@@]1(O)CCN(Cc2ccccc2)C1=O. The molecule has 1 aromatic rings. The first-order chi connectivity index (χ1) is 8.04. The second-order valence-corrected chi connectivity index (χ2v) is 4.13. The maximum Gasteiger partial charge on any atom is 0.345 e. The minimum atomic E-state index is -2.24. The average molecular weight is 235 g/mol. The number of carbonyl (C=O) groups is 2. The first kappa shape index (κ1) is 11.6. The summed E-state index contributed by atoms with van der Waals surface area (Å²) in [7, 11) is 0. The smallest absolute Gasteiger partial charge is 0.345 e. The lowest BCUT2D eigenvalue weighted by Gasteiger charge is -2.18. The Morgan fingerprint density at radius 2 is 2.00 bits per heavy atom. The molecule has 1 amide bonds. The summed E-state index contributed by atoms with van der Waals surface area (Å²) in [5, 5.41) is 18.5. The quantitative estimate of drug-likeness (QED) is 0.735. The number of hydrogen-bond acceptors (Lipinski definition) is 3. The second kappa shape index (κ2) is 4.18. The molecule has 0 spiro atoms. The predicted molar refractivity (Wildman–Crippen MR) is 59.1 cm³/mol. The number of rotatable bonds is 3. The van der Waals surface area contributed by atoms with E-state index in [-0.39, 0.29) is 13.0 Å². The molecule has 1 aliphatic rings. The van der Waals surface area contributed by atoms with Gasteiger partial charge in [-0.25, -0.2) is 4.79 Å². The van der Waals surface area contributed by atoms with Gasteiger partial charge < -0.3 is 15.1 Å². The zero-order valence-corrected chi connectivity index (χ0v) is 9.17. The van der Waals surface area contributed by atoms with Crippen LogP contribution in [0.1, 0.15) is 12.0 Å². The molecule has 2 rings (SSSR count). The van der Waals surface area contributed by atoms with Gasteiger partial charge in [-0.15, -0.1) is 0 Å². The molecule has 1 saturated heterocycles. The highest BCUT2D eigenvalue weighted by Crippen LogP contribution is 2.24. The largest absolute Gasteiger partial charge is 0.479 e. The van der Waals surface area contributed by atoms with E-state index in [0.717, 1.165) is 5.56 Å². The normalized spacial score (nSPS) is 24.1. The van der Waals surface area contributed by atoms with Crippen LogP contribution in [0, 0.1) is 0 Å².